The Bertz CT molecular complexity index is 1020. The molecule has 0 bridgehead atoms. The van der Waals surface area contributed by atoms with Gasteiger partial charge in [0.05, 0.1) is 12.5 Å². The fraction of sp³-hybridized carbons (Fsp3) is 0.350. The Kier molecular flexibility index (Phi) is 8.30. The zero-order valence-corrected chi connectivity index (χ0v) is 17.3. The average Bonchev–Trinajstić information content (AvgIpc) is 3.13. The van der Waals surface area contributed by atoms with Crippen LogP contribution in [-0.2, 0) is 30.4 Å². The zero-order chi connectivity index (χ0) is 23.8. The molecule has 0 fully saturated rings. The Morgan fingerprint density at radius 2 is 1.69 bits per heavy atom. The number of aromatic amines is 1. The summed E-state index contributed by atoms with van der Waals surface area (Å²) in [6.07, 6.45) is 1.13. The Labute approximate surface area is 182 Å². The molecular formula is C20H25N5O7. The summed E-state index contributed by atoms with van der Waals surface area (Å²) in [7, 11) is 0. The molecule has 1 aromatic heterocycles. The van der Waals surface area contributed by atoms with Crippen molar-refractivity contribution in [1.82, 2.24) is 20.9 Å². The molecule has 0 aliphatic carbocycles. The van der Waals surface area contributed by atoms with Crippen LogP contribution in [0.4, 0.5) is 0 Å². The van der Waals surface area contributed by atoms with Crippen molar-refractivity contribution in [2.45, 2.75) is 37.9 Å². The van der Waals surface area contributed by atoms with Crippen molar-refractivity contribution in [3.63, 3.8) is 0 Å². The molecule has 0 saturated carbocycles. The van der Waals surface area contributed by atoms with E-state index in [0.29, 0.717) is 0 Å². The van der Waals surface area contributed by atoms with Gasteiger partial charge in [-0.15, -0.1) is 0 Å². The minimum Gasteiger partial charge on any atom is -0.481 e. The molecule has 8 N–H and O–H groups in total. The molecule has 3 amide bonds. The molecule has 3 unspecified atom stereocenters. The Morgan fingerprint density at radius 3 is 2.34 bits per heavy atom. The lowest BCUT2D eigenvalue weighted by Crippen LogP contribution is -2.56. The van der Waals surface area contributed by atoms with E-state index in [4.69, 9.17) is 15.9 Å². The number of aromatic nitrogens is 1. The van der Waals surface area contributed by atoms with Gasteiger partial charge in [-0.1, -0.05) is 18.2 Å². The predicted molar refractivity (Wildman–Crippen MR) is 112 cm³/mol. The highest BCUT2D eigenvalue weighted by atomic mass is 16.4. The second-order valence-corrected chi connectivity index (χ2v) is 7.17. The highest BCUT2D eigenvalue weighted by molar-refractivity contribution is 5.95. The molecule has 3 atom stereocenters. The molecule has 0 aliphatic rings. The first-order valence-electron chi connectivity index (χ1n) is 9.71. The average molecular weight is 447 g/mol. The number of aliphatic carboxylic acids is 2. The molecule has 2 aromatic rings. The fourth-order valence-corrected chi connectivity index (χ4v) is 2.99. The third-order valence-corrected chi connectivity index (χ3v) is 4.63. The monoisotopic (exact) mass is 447 g/mol. The van der Waals surface area contributed by atoms with Crippen molar-refractivity contribution in [1.29, 1.82) is 0 Å². The lowest BCUT2D eigenvalue weighted by Gasteiger charge is -2.21. The Hall–Kier alpha value is -3.93. The Balaban J connectivity index is 2.01. The van der Waals surface area contributed by atoms with E-state index in [9.17, 15) is 24.0 Å². The van der Waals surface area contributed by atoms with Gasteiger partial charge in [0.1, 0.15) is 18.6 Å². The molecular weight excluding hydrogens is 422 g/mol. The van der Waals surface area contributed by atoms with Crippen molar-refractivity contribution >= 4 is 40.6 Å². The van der Waals surface area contributed by atoms with Gasteiger partial charge in [0.15, 0.2) is 0 Å². The summed E-state index contributed by atoms with van der Waals surface area (Å²) >= 11 is 0. The van der Waals surface area contributed by atoms with E-state index < -0.39 is 60.8 Å². The maximum Gasteiger partial charge on any atom is 0.322 e. The number of nitrogens with one attached hydrogen (secondary N) is 4. The zero-order valence-electron chi connectivity index (χ0n) is 17.3. The molecule has 1 aromatic carbocycles. The van der Waals surface area contributed by atoms with Crippen LogP contribution in [0.2, 0.25) is 0 Å². The number of hydrogen-bond acceptors (Lipinski definition) is 6. The van der Waals surface area contributed by atoms with Crippen LogP contribution in [0.1, 0.15) is 18.9 Å². The number of carboxylic acid groups (broad SMARTS) is 2. The van der Waals surface area contributed by atoms with Crippen molar-refractivity contribution in [2.24, 2.45) is 5.73 Å². The molecule has 32 heavy (non-hydrogen) atoms. The number of hydrogen-bond donors (Lipinski definition) is 7. The van der Waals surface area contributed by atoms with Gasteiger partial charge in [0.25, 0.3) is 0 Å². The van der Waals surface area contributed by atoms with Crippen molar-refractivity contribution in [2.75, 3.05) is 6.54 Å². The summed E-state index contributed by atoms with van der Waals surface area (Å²) in [6.45, 7) is 0.647. The molecule has 0 aliphatic heterocycles. The number of carbonyl (C=O) groups excluding carboxylic acids is 3. The summed E-state index contributed by atoms with van der Waals surface area (Å²) in [6, 6.07) is 3.72. The van der Waals surface area contributed by atoms with Crippen LogP contribution in [-0.4, -0.2) is 69.5 Å². The SMILES string of the molecule is CC(NC(=O)C(CC(=O)O)NC(=O)C(N)Cc1c[nH]c2ccccc12)C(=O)NCC(=O)O. The molecule has 12 nitrogen and oxygen atoms in total. The lowest BCUT2D eigenvalue weighted by molar-refractivity contribution is -0.141. The second-order valence-electron chi connectivity index (χ2n) is 7.17. The highest BCUT2D eigenvalue weighted by Crippen LogP contribution is 2.18. The van der Waals surface area contributed by atoms with Crippen molar-refractivity contribution in [3.05, 3.63) is 36.0 Å². The lowest BCUT2D eigenvalue weighted by atomic mass is 10.0. The molecule has 12 heteroatoms. The summed E-state index contributed by atoms with van der Waals surface area (Å²) in [5.74, 6) is -5.05. The van der Waals surface area contributed by atoms with Gasteiger partial charge in [-0.25, -0.2) is 0 Å². The minimum absolute atomic E-state index is 0.144. The van der Waals surface area contributed by atoms with Gasteiger partial charge in [0, 0.05) is 17.1 Å². The number of carboxylic acids is 2. The largest absolute Gasteiger partial charge is 0.481 e. The van der Waals surface area contributed by atoms with E-state index >= 15 is 0 Å². The first-order valence-corrected chi connectivity index (χ1v) is 9.71. The fourth-order valence-electron chi connectivity index (χ4n) is 2.99. The summed E-state index contributed by atoms with van der Waals surface area (Å²) in [5, 5.41) is 25.2. The van der Waals surface area contributed by atoms with E-state index in [1.165, 1.54) is 6.92 Å². The summed E-state index contributed by atoms with van der Waals surface area (Å²) in [5.41, 5.74) is 7.62. The van der Waals surface area contributed by atoms with Crippen LogP contribution in [0, 0.1) is 0 Å². The molecule has 0 saturated heterocycles. The van der Waals surface area contributed by atoms with Crippen molar-refractivity contribution < 1.29 is 34.2 Å². The van der Waals surface area contributed by atoms with Crippen molar-refractivity contribution in [3.8, 4) is 0 Å². The third kappa shape index (κ3) is 6.80. The van der Waals surface area contributed by atoms with Crippen LogP contribution in [0.15, 0.2) is 30.5 Å². The standard InChI is InChI=1S/C20H25N5O7/c1-10(18(30)23-9-17(28)29)24-20(32)15(7-16(26)27)25-19(31)13(21)6-11-8-22-14-5-3-2-4-12(11)14/h2-5,8,10,13,15,22H,6-7,9,21H2,1H3,(H,23,30)(H,24,32)(H,25,31)(H,26,27)(H,28,29). The van der Waals surface area contributed by atoms with Gasteiger partial charge >= 0.3 is 11.9 Å². The smallest absolute Gasteiger partial charge is 0.322 e. The van der Waals surface area contributed by atoms with Crippen LogP contribution < -0.4 is 21.7 Å². The number of H-pyrrole nitrogens is 1. The highest BCUT2D eigenvalue weighted by Gasteiger charge is 2.28. The van der Waals surface area contributed by atoms with E-state index in [1.807, 2.05) is 24.3 Å². The predicted octanol–water partition coefficient (Wildman–Crippen LogP) is -1.30. The molecule has 1 heterocycles. The van der Waals surface area contributed by atoms with E-state index in [2.05, 4.69) is 20.9 Å². The number of fused-ring (bicyclic) bond motifs is 1. The Morgan fingerprint density at radius 1 is 1.00 bits per heavy atom. The molecule has 2 rings (SSSR count). The topological polar surface area (TPSA) is 204 Å². The molecule has 0 radical (unpaired) electrons. The van der Waals surface area contributed by atoms with Gasteiger partial charge < -0.3 is 36.9 Å². The summed E-state index contributed by atoms with van der Waals surface area (Å²) in [4.78, 5) is 61.6. The number of rotatable bonds is 11. The number of para-hydroxylation sites is 1. The van der Waals surface area contributed by atoms with Crippen LogP contribution in [0.25, 0.3) is 10.9 Å². The third-order valence-electron chi connectivity index (χ3n) is 4.63. The van der Waals surface area contributed by atoms with E-state index in [0.717, 1.165) is 16.5 Å². The van der Waals surface area contributed by atoms with Crippen LogP contribution in [0.3, 0.4) is 0 Å². The van der Waals surface area contributed by atoms with Crippen LogP contribution in [0.5, 0.6) is 0 Å². The van der Waals surface area contributed by atoms with Gasteiger partial charge in [-0.2, -0.15) is 0 Å². The van der Waals surface area contributed by atoms with Gasteiger partial charge in [-0.05, 0) is 25.0 Å². The van der Waals surface area contributed by atoms with Gasteiger partial charge in [-0.3, -0.25) is 24.0 Å². The maximum absolute atomic E-state index is 12.5. The normalized spacial score (nSPS) is 13.6. The molecule has 172 valence electrons. The van der Waals surface area contributed by atoms with Crippen LogP contribution >= 0.6 is 0 Å². The quantitative estimate of drug-likeness (QED) is 0.220. The van der Waals surface area contributed by atoms with E-state index in [-0.39, 0.29) is 6.42 Å². The molecule has 0 spiro atoms. The number of benzene rings is 1. The maximum atomic E-state index is 12.5. The first kappa shape index (κ1) is 24.3. The second kappa shape index (κ2) is 10.9. The number of carbonyl (C=O) groups is 5. The van der Waals surface area contributed by atoms with E-state index in [1.54, 1.807) is 6.20 Å². The van der Waals surface area contributed by atoms with Gasteiger partial charge in [0.2, 0.25) is 17.7 Å². The number of amides is 3. The summed E-state index contributed by atoms with van der Waals surface area (Å²) < 4.78 is 0. The first-order chi connectivity index (χ1) is 15.1. The minimum atomic E-state index is -1.48. The number of nitrogens with two attached hydrogens (primary N) is 1.